The first kappa shape index (κ1) is 20.2. The standard InChI is InChI=1S/C20H24N2O5S/c1-4-22(5-2)28(24,25)16-12-10-15(11-13-16)21-20(23)19-14(3)26-17-8-6-7-9-18(17)27-19/h6-14,19H,4-5H2,1-3H3,(H,21,23). The van der Waals surface area contributed by atoms with Crippen LogP contribution in [0.3, 0.4) is 0 Å². The highest BCUT2D eigenvalue weighted by atomic mass is 32.2. The van der Waals surface area contributed by atoms with Crippen LogP contribution in [0.15, 0.2) is 53.4 Å². The van der Waals surface area contributed by atoms with E-state index in [1.54, 1.807) is 45.0 Å². The van der Waals surface area contributed by atoms with Crippen LogP contribution in [0.2, 0.25) is 0 Å². The van der Waals surface area contributed by atoms with Crippen molar-refractivity contribution in [2.75, 3.05) is 18.4 Å². The molecule has 2 unspecified atom stereocenters. The number of benzene rings is 2. The van der Waals surface area contributed by atoms with E-state index in [0.717, 1.165) is 0 Å². The van der Waals surface area contributed by atoms with E-state index in [0.29, 0.717) is 30.3 Å². The Morgan fingerprint density at radius 1 is 1.00 bits per heavy atom. The number of fused-ring (bicyclic) bond motifs is 1. The fourth-order valence-corrected chi connectivity index (χ4v) is 4.50. The normalized spacial score (nSPS) is 18.7. The number of ether oxygens (including phenoxy) is 2. The molecule has 0 saturated carbocycles. The van der Waals surface area contributed by atoms with Crippen molar-refractivity contribution in [3.05, 3.63) is 48.5 Å². The van der Waals surface area contributed by atoms with Gasteiger partial charge in [-0.1, -0.05) is 26.0 Å². The molecule has 7 nitrogen and oxygen atoms in total. The maximum Gasteiger partial charge on any atom is 0.269 e. The molecule has 2 aromatic rings. The molecule has 0 saturated heterocycles. The zero-order valence-electron chi connectivity index (χ0n) is 16.1. The zero-order chi connectivity index (χ0) is 20.3. The summed E-state index contributed by atoms with van der Waals surface area (Å²) in [5, 5.41) is 2.76. The van der Waals surface area contributed by atoms with Crippen LogP contribution >= 0.6 is 0 Å². The molecular weight excluding hydrogens is 380 g/mol. The third-order valence-corrected chi connectivity index (χ3v) is 6.63. The van der Waals surface area contributed by atoms with E-state index >= 15 is 0 Å². The number of rotatable bonds is 6. The summed E-state index contributed by atoms with van der Waals surface area (Å²) >= 11 is 0. The topological polar surface area (TPSA) is 84.9 Å². The molecule has 1 amide bonds. The van der Waals surface area contributed by atoms with Gasteiger partial charge in [0, 0.05) is 18.8 Å². The summed E-state index contributed by atoms with van der Waals surface area (Å²) in [5.74, 6) is 0.757. The van der Waals surface area contributed by atoms with Crippen molar-refractivity contribution in [2.45, 2.75) is 37.9 Å². The third-order valence-electron chi connectivity index (χ3n) is 4.57. The van der Waals surface area contributed by atoms with Crippen LogP contribution in [0.5, 0.6) is 11.5 Å². The van der Waals surface area contributed by atoms with Crippen molar-refractivity contribution >= 4 is 21.6 Å². The number of anilines is 1. The van der Waals surface area contributed by atoms with E-state index in [2.05, 4.69) is 5.32 Å². The van der Waals surface area contributed by atoms with E-state index < -0.39 is 22.2 Å². The minimum absolute atomic E-state index is 0.189. The molecule has 0 radical (unpaired) electrons. The first-order valence-electron chi connectivity index (χ1n) is 9.20. The van der Waals surface area contributed by atoms with Gasteiger partial charge in [0.25, 0.3) is 5.91 Å². The average molecular weight is 404 g/mol. The van der Waals surface area contributed by atoms with Crippen LogP contribution in [0.25, 0.3) is 0 Å². The first-order chi connectivity index (χ1) is 13.4. The predicted octanol–water partition coefficient (Wildman–Crippen LogP) is 2.88. The van der Waals surface area contributed by atoms with Gasteiger partial charge in [-0.3, -0.25) is 4.79 Å². The number of nitrogens with one attached hydrogen (secondary N) is 1. The number of carbonyl (C=O) groups excluding carboxylic acids is 1. The number of hydrogen-bond acceptors (Lipinski definition) is 5. The van der Waals surface area contributed by atoms with Crippen molar-refractivity contribution in [3.63, 3.8) is 0 Å². The summed E-state index contributed by atoms with van der Waals surface area (Å²) in [6.07, 6.45) is -1.27. The third kappa shape index (κ3) is 3.98. The molecule has 150 valence electrons. The summed E-state index contributed by atoms with van der Waals surface area (Å²) in [4.78, 5) is 12.8. The van der Waals surface area contributed by atoms with Crippen LogP contribution < -0.4 is 14.8 Å². The first-order valence-corrected chi connectivity index (χ1v) is 10.6. The van der Waals surface area contributed by atoms with Gasteiger partial charge < -0.3 is 14.8 Å². The Balaban J connectivity index is 1.72. The van der Waals surface area contributed by atoms with Gasteiger partial charge >= 0.3 is 0 Å². The molecule has 1 N–H and O–H groups in total. The number of para-hydroxylation sites is 2. The number of carbonyl (C=O) groups is 1. The van der Waals surface area contributed by atoms with Crippen LogP contribution in [-0.4, -0.2) is 43.9 Å². The predicted molar refractivity (Wildman–Crippen MR) is 106 cm³/mol. The van der Waals surface area contributed by atoms with Crippen molar-refractivity contribution in [2.24, 2.45) is 0 Å². The molecular formula is C20H24N2O5S. The molecule has 2 aromatic carbocycles. The van der Waals surface area contributed by atoms with E-state index in [4.69, 9.17) is 9.47 Å². The summed E-state index contributed by atoms with van der Waals surface area (Å²) in [6, 6.07) is 13.3. The molecule has 0 fully saturated rings. The van der Waals surface area contributed by atoms with Gasteiger partial charge in [0.1, 0.15) is 6.10 Å². The van der Waals surface area contributed by atoms with E-state index in [9.17, 15) is 13.2 Å². The molecule has 0 aliphatic carbocycles. The minimum atomic E-state index is -3.53. The van der Waals surface area contributed by atoms with Crippen molar-refractivity contribution in [3.8, 4) is 11.5 Å². The molecule has 1 heterocycles. The maximum absolute atomic E-state index is 12.6. The highest BCUT2D eigenvalue weighted by molar-refractivity contribution is 7.89. The Bertz CT molecular complexity index is 939. The fourth-order valence-electron chi connectivity index (χ4n) is 3.04. The zero-order valence-corrected chi connectivity index (χ0v) is 16.9. The SMILES string of the molecule is CCN(CC)S(=O)(=O)c1ccc(NC(=O)C2Oc3ccccc3OC2C)cc1. The van der Waals surface area contributed by atoms with Gasteiger partial charge in [-0.05, 0) is 43.3 Å². The molecule has 0 aromatic heterocycles. The Morgan fingerprint density at radius 3 is 2.14 bits per heavy atom. The minimum Gasteiger partial charge on any atom is -0.482 e. The van der Waals surface area contributed by atoms with Crippen LogP contribution in [0.4, 0.5) is 5.69 Å². The van der Waals surface area contributed by atoms with Crippen molar-refractivity contribution in [1.29, 1.82) is 0 Å². The van der Waals surface area contributed by atoms with Gasteiger partial charge in [0.2, 0.25) is 16.1 Å². The molecule has 3 rings (SSSR count). The molecule has 0 bridgehead atoms. The van der Waals surface area contributed by atoms with E-state index in [1.165, 1.54) is 16.4 Å². The molecule has 0 spiro atoms. The summed E-state index contributed by atoms with van der Waals surface area (Å²) < 4.78 is 38.0. The fraction of sp³-hybridized carbons (Fsp3) is 0.350. The number of nitrogens with zero attached hydrogens (tertiary/aromatic N) is 1. The number of sulfonamides is 1. The lowest BCUT2D eigenvalue weighted by Crippen LogP contribution is -2.46. The average Bonchev–Trinajstić information content (AvgIpc) is 2.68. The molecule has 1 aliphatic rings. The number of hydrogen-bond donors (Lipinski definition) is 1. The molecule has 8 heteroatoms. The van der Waals surface area contributed by atoms with Crippen LogP contribution in [-0.2, 0) is 14.8 Å². The molecule has 28 heavy (non-hydrogen) atoms. The second-order valence-corrected chi connectivity index (χ2v) is 8.35. The Morgan fingerprint density at radius 2 is 1.57 bits per heavy atom. The van der Waals surface area contributed by atoms with Crippen LogP contribution in [0.1, 0.15) is 20.8 Å². The van der Waals surface area contributed by atoms with Gasteiger partial charge in [-0.2, -0.15) is 4.31 Å². The second-order valence-electron chi connectivity index (χ2n) is 6.41. The summed E-state index contributed by atoms with van der Waals surface area (Å²) in [7, 11) is -3.53. The Kier molecular flexibility index (Phi) is 5.90. The van der Waals surface area contributed by atoms with Crippen molar-refractivity contribution in [1.82, 2.24) is 4.31 Å². The van der Waals surface area contributed by atoms with Gasteiger partial charge in [-0.25, -0.2) is 8.42 Å². The second kappa shape index (κ2) is 8.20. The quantitative estimate of drug-likeness (QED) is 0.800. The molecule has 1 aliphatic heterocycles. The van der Waals surface area contributed by atoms with E-state index in [1.807, 2.05) is 12.1 Å². The Hall–Kier alpha value is -2.58. The number of amides is 1. The van der Waals surface area contributed by atoms with Crippen LogP contribution in [0, 0.1) is 0 Å². The molecule has 2 atom stereocenters. The van der Waals surface area contributed by atoms with Gasteiger partial charge in [0.15, 0.2) is 11.5 Å². The van der Waals surface area contributed by atoms with E-state index in [-0.39, 0.29) is 10.8 Å². The lowest BCUT2D eigenvalue weighted by molar-refractivity contribution is -0.128. The van der Waals surface area contributed by atoms with Gasteiger partial charge in [0.05, 0.1) is 4.90 Å². The van der Waals surface area contributed by atoms with Gasteiger partial charge in [-0.15, -0.1) is 0 Å². The summed E-state index contributed by atoms with van der Waals surface area (Å²) in [6.45, 7) is 6.15. The van der Waals surface area contributed by atoms with Crippen molar-refractivity contribution < 1.29 is 22.7 Å². The monoisotopic (exact) mass is 404 g/mol. The largest absolute Gasteiger partial charge is 0.482 e. The smallest absolute Gasteiger partial charge is 0.269 e. The lowest BCUT2D eigenvalue weighted by Gasteiger charge is -2.31. The highest BCUT2D eigenvalue weighted by Crippen LogP contribution is 2.33. The highest BCUT2D eigenvalue weighted by Gasteiger charge is 2.34. The Labute approximate surface area is 165 Å². The maximum atomic E-state index is 12.6. The summed E-state index contributed by atoms with van der Waals surface area (Å²) in [5.41, 5.74) is 0.484. The lowest BCUT2D eigenvalue weighted by atomic mass is 10.1.